The SMILES string of the molecule is [CH2]CN=Nc1ccc(Cl)cc1. The molecule has 1 rings (SSSR count). The molecule has 0 aliphatic heterocycles. The Hall–Kier alpha value is -0.890. The second-order valence-electron chi connectivity index (χ2n) is 1.94. The lowest BCUT2D eigenvalue weighted by Crippen LogP contribution is -1.66. The Bertz CT molecular complexity index is 241. The van der Waals surface area contributed by atoms with Crippen molar-refractivity contribution in [1.82, 2.24) is 0 Å². The first kappa shape index (κ1) is 8.21. The fourth-order valence-corrected chi connectivity index (χ4v) is 0.765. The highest BCUT2D eigenvalue weighted by molar-refractivity contribution is 6.30. The molecule has 1 aromatic carbocycles. The maximum absolute atomic E-state index is 5.66. The van der Waals surface area contributed by atoms with Gasteiger partial charge in [0.2, 0.25) is 0 Å². The van der Waals surface area contributed by atoms with Crippen molar-refractivity contribution in [1.29, 1.82) is 0 Å². The van der Waals surface area contributed by atoms with Crippen LogP contribution in [0.25, 0.3) is 0 Å². The molecule has 0 aliphatic rings. The fourth-order valence-electron chi connectivity index (χ4n) is 0.639. The minimum Gasteiger partial charge on any atom is -0.189 e. The van der Waals surface area contributed by atoms with Crippen LogP contribution in [0.3, 0.4) is 0 Å². The molecule has 0 saturated carbocycles. The average molecular weight is 168 g/mol. The predicted octanol–water partition coefficient (Wildman–Crippen LogP) is 3.26. The van der Waals surface area contributed by atoms with Crippen LogP contribution in [-0.4, -0.2) is 6.54 Å². The number of azo groups is 1. The van der Waals surface area contributed by atoms with Gasteiger partial charge in [-0.3, -0.25) is 0 Å². The Morgan fingerprint density at radius 2 is 1.91 bits per heavy atom. The van der Waals surface area contributed by atoms with E-state index in [-0.39, 0.29) is 0 Å². The van der Waals surface area contributed by atoms with E-state index < -0.39 is 0 Å². The van der Waals surface area contributed by atoms with Gasteiger partial charge in [0, 0.05) is 5.02 Å². The summed E-state index contributed by atoms with van der Waals surface area (Å²) < 4.78 is 0. The van der Waals surface area contributed by atoms with Crippen molar-refractivity contribution in [3.8, 4) is 0 Å². The maximum Gasteiger partial charge on any atom is 0.0853 e. The van der Waals surface area contributed by atoms with Crippen molar-refractivity contribution in [3.63, 3.8) is 0 Å². The van der Waals surface area contributed by atoms with Gasteiger partial charge in [0.1, 0.15) is 0 Å². The molecule has 0 bridgehead atoms. The van der Waals surface area contributed by atoms with Gasteiger partial charge in [-0.2, -0.15) is 10.2 Å². The van der Waals surface area contributed by atoms with Crippen molar-refractivity contribution in [2.75, 3.05) is 6.54 Å². The number of nitrogens with zero attached hydrogens (tertiary/aromatic N) is 2. The summed E-state index contributed by atoms with van der Waals surface area (Å²) in [7, 11) is 0. The second kappa shape index (κ2) is 4.09. The largest absolute Gasteiger partial charge is 0.189 e. The van der Waals surface area contributed by atoms with Crippen molar-refractivity contribution < 1.29 is 0 Å². The van der Waals surface area contributed by atoms with Gasteiger partial charge < -0.3 is 0 Å². The van der Waals surface area contributed by atoms with Gasteiger partial charge in [-0.25, -0.2) is 0 Å². The second-order valence-corrected chi connectivity index (χ2v) is 2.38. The van der Waals surface area contributed by atoms with Gasteiger partial charge in [-0.1, -0.05) is 11.6 Å². The molecule has 1 aromatic rings. The van der Waals surface area contributed by atoms with E-state index in [0.717, 1.165) is 5.69 Å². The minimum absolute atomic E-state index is 0.461. The standard InChI is InChI=1S/C8H8ClN2/c1-2-10-11-8-5-3-7(9)4-6-8/h3-6H,1-2H2. The van der Waals surface area contributed by atoms with E-state index in [0.29, 0.717) is 11.6 Å². The third-order valence-electron chi connectivity index (χ3n) is 1.11. The molecule has 0 aromatic heterocycles. The van der Waals surface area contributed by atoms with Gasteiger partial charge in [-0.15, -0.1) is 0 Å². The first-order chi connectivity index (χ1) is 5.33. The van der Waals surface area contributed by atoms with Gasteiger partial charge in [0.15, 0.2) is 0 Å². The summed E-state index contributed by atoms with van der Waals surface area (Å²) in [5.41, 5.74) is 0.804. The average Bonchev–Trinajstić information content (AvgIpc) is 2.04. The van der Waals surface area contributed by atoms with E-state index in [2.05, 4.69) is 17.2 Å². The molecule has 3 heteroatoms. The Morgan fingerprint density at radius 1 is 1.27 bits per heavy atom. The molecular formula is C8H8ClN2. The zero-order valence-corrected chi connectivity index (χ0v) is 6.75. The molecule has 0 aliphatic carbocycles. The van der Waals surface area contributed by atoms with E-state index in [1.807, 2.05) is 12.1 Å². The van der Waals surface area contributed by atoms with E-state index in [9.17, 15) is 0 Å². The molecule has 0 amide bonds. The van der Waals surface area contributed by atoms with Crippen molar-refractivity contribution in [2.45, 2.75) is 0 Å². The number of halogens is 1. The highest BCUT2D eigenvalue weighted by Gasteiger charge is 1.87. The zero-order chi connectivity index (χ0) is 8.10. The molecule has 1 radical (unpaired) electrons. The molecule has 57 valence electrons. The Kier molecular flexibility index (Phi) is 3.05. The quantitative estimate of drug-likeness (QED) is 0.604. The van der Waals surface area contributed by atoms with Crippen LogP contribution in [0.4, 0.5) is 5.69 Å². The molecule has 0 N–H and O–H groups in total. The molecule has 11 heavy (non-hydrogen) atoms. The summed E-state index contributed by atoms with van der Waals surface area (Å²) >= 11 is 5.66. The topological polar surface area (TPSA) is 24.7 Å². The van der Waals surface area contributed by atoms with Crippen LogP contribution in [0.15, 0.2) is 34.5 Å². The van der Waals surface area contributed by atoms with Gasteiger partial charge in [0.25, 0.3) is 0 Å². The van der Waals surface area contributed by atoms with Crippen molar-refractivity contribution >= 4 is 17.3 Å². The lowest BCUT2D eigenvalue weighted by molar-refractivity contribution is 1.07. The van der Waals surface area contributed by atoms with E-state index >= 15 is 0 Å². The van der Waals surface area contributed by atoms with E-state index in [1.54, 1.807) is 12.1 Å². The smallest absolute Gasteiger partial charge is 0.0853 e. The van der Waals surface area contributed by atoms with E-state index in [4.69, 9.17) is 11.6 Å². The van der Waals surface area contributed by atoms with Crippen molar-refractivity contribution in [3.05, 3.63) is 36.2 Å². The summed E-state index contributed by atoms with van der Waals surface area (Å²) in [5.74, 6) is 0. The summed E-state index contributed by atoms with van der Waals surface area (Å²) in [6.45, 7) is 3.99. The number of rotatable bonds is 2. The first-order valence-electron chi connectivity index (χ1n) is 3.25. The summed E-state index contributed by atoms with van der Waals surface area (Å²) in [6, 6.07) is 7.17. The summed E-state index contributed by atoms with van der Waals surface area (Å²) in [4.78, 5) is 0. The molecule has 0 unspecified atom stereocenters. The Morgan fingerprint density at radius 3 is 2.45 bits per heavy atom. The van der Waals surface area contributed by atoms with Crippen LogP contribution in [0, 0.1) is 6.92 Å². The zero-order valence-electron chi connectivity index (χ0n) is 6.00. The number of benzene rings is 1. The van der Waals surface area contributed by atoms with Crippen LogP contribution in [0.2, 0.25) is 5.02 Å². The predicted molar refractivity (Wildman–Crippen MR) is 46.2 cm³/mol. The maximum atomic E-state index is 5.66. The number of hydrogen-bond donors (Lipinski definition) is 0. The number of hydrogen-bond acceptors (Lipinski definition) is 2. The third kappa shape index (κ3) is 2.68. The highest BCUT2D eigenvalue weighted by atomic mass is 35.5. The molecule has 0 saturated heterocycles. The normalized spacial score (nSPS) is 10.7. The molecule has 0 heterocycles. The lowest BCUT2D eigenvalue weighted by Gasteiger charge is -1.90. The highest BCUT2D eigenvalue weighted by Crippen LogP contribution is 2.15. The molecule has 0 atom stereocenters. The fraction of sp³-hybridized carbons (Fsp3) is 0.125. The van der Waals surface area contributed by atoms with Crippen LogP contribution in [-0.2, 0) is 0 Å². The third-order valence-corrected chi connectivity index (χ3v) is 1.36. The summed E-state index contributed by atoms with van der Waals surface area (Å²) in [6.07, 6.45) is 0. The van der Waals surface area contributed by atoms with Crippen LogP contribution >= 0.6 is 11.6 Å². The van der Waals surface area contributed by atoms with Crippen molar-refractivity contribution in [2.24, 2.45) is 10.2 Å². The minimum atomic E-state index is 0.461. The van der Waals surface area contributed by atoms with Crippen LogP contribution in [0.5, 0.6) is 0 Å². The van der Waals surface area contributed by atoms with Gasteiger partial charge in [0.05, 0.1) is 12.2 Å². The Labute approximate surface area is 70.9 Å². The molecule has 0 fully saturated rings. The molecule has 2 nitrogen and oxygen atoms in total. The first-order valence-corrected chi connectivity index (χ1v) is 3.63. The van der Waals surface area contributed by atoms with Gasteiger partial charge >= 0.3 is 0 Å². The monoisotopic (exact) mass is 167 g/mol. The van der Waals surface area contributed by atoms with Gasteiger partial charge in [-0.05, 0) is 31.2 Å². The van der Waals surface area contributed by atoms with Crippen LogP contribution < -0.4 is 0 Å². The lowest BCUT2D eigenvalue weighted by atomic mass is 10.3. The molecular weight excluding hydrogens is 160 g/mol. The molecule has 0 spiro atoms. The Balaban J connectivity index is 2.73. The van der Waals surface area contributed by atoms with Crippen LogP contribution in [0.1, 0.15) is 0 Å². The van der Waals surface area contributed by atoms with E-state index in [1.165, 1.54) is 0 Å². The summed E-state index contributed by atoms with van der Waals surface area (Å²) in [5, 5.41) is 8.32.